The maximum atomic E-state index is 12.5. The van der Waals surface area contributed by atoms with Gasteiger partial charge in [0, 0.05) is 25.0 Å². The van der Waals surface area contributed by atoms with Gasteiger partial charge in [0.1, 0.15) is 0 Å². The Morgan fingerprint density at radius 2 is 1.80 bits per heavy atom. The number of benzene rings is 1. The van der Waals surface area contributed by atoms with Crippen LogP contribution in [0.15, 0.2) is 65.7 Å². The Kier molecular flexibility index (Phi) is 3.13. The summed E-state index contributed by atoms with van der Waals surface area (Å²) in [7, 11) is 1.75. The first-order valence-electron chi connectivity index (χ1n) is 6.30. The second-order valence-electron chi connectivity index (χ2n) is 4.50. The number of hydrogen-bond acceptors (Lipinski definition) is 3. The molecule has 0 fully saturated rings. The molecule has 3 aromatic rings. The summed E-state index contributed by atoms with van der Waals surface area (Å²) in [4.78, 5) is 12.5. The molecular weight excluding hydrogens is 250 g/mol. The van der Waals surface area contributed by atoms with E-state index in [9.17, 15) is 4.79 Å². The molecule has 0 aliphatic heterocycles. The number of rotatable bonds is 2. The van der Waals surface area contributed by atoms with Crippen LogP contribution in [0.4, 0.5) is 0 Å². The number of aryl methyl sites for hydroxylation is 1. The van der Waals surface area contributed by atoms with Gasteiger partial charge in [0.05, 0.1) is 11.3 Å². The fourth-order valence-electron chi connectivity index (χ4n) is 2.17. The average Bonchev–Trinajstić information content (AvgIpc) is 2.51. The van der Waals surface area contributed by atoms with Crippen molar-refractivity contribution in [3.05, 3.63) is 71.3 Å². The Bertz CT molecular complexity index is 780. The van der Waals surface area contributed by atoms with Crippen molar-refractivity contribution in [2.24, 2.45) is 7.05 Å². The van der Waals surface area contributed by atoms with E-state index in [0.717, 1.165) is 11.1 Å². The highest BCUT2D eigenvalue weighted by molar-refractivity contribution is 5.80. The van der Waals surface area contributed by atoms with Crippen molar-refractivity contribution < 1.29 is 0 Å². The molecule has 0 radical (unpaired) electrons. The minimum atomic E-state index is -0.0423. The van der Waals surface area contributed by atoms with Gasteiger partial charge in [-0.1, -0.05) is 30.3 Å². The van der Waals surface area contributed by atoms with Crippen molar-refractivity contribution in [1.82, 2.24) is 14.8 Å². The number of nitrogens with zero attached hydrogens (tertiary/aromatic N) is 3. The molecule has 0 spiro atoms. The minimum absolute atomic E-state index is 0.0423. The highest BCUT2D eigenvalue weighted by Gasteiger charge is 2.13. The predicted octanol–water partition coefficient (Wildman–Crippen LogP) is 2.51. The van der Waals surface area contributed by atoms with Crippen LogP contribution in [0.3, 0.4) is 0 Å². The molecule has 2 heterocycles. The lowest BCUT2D eigenvalue weighted by atomic mass is 9.99. The summed E-state index contributed by atoms with van der Waals surface area (Å²) in [6.45, 7) is 0. The van der Waals surface area contributed by atoms with E-state index in [1.807, 2.05) is 48.5 Å². The van der Waals surface area contributed by atoms with E-state index >= 15 is 0 Å². The normalized spacial score (nSPS) is 10.4. The smallest absolute Gasteiger partial charge is 0.258 e. The van der Waals surface area contributed by atoms with Crippen LogP contribution in [0.1, 0.15) is 0 Å². The van der Waals surface area contributed by atoms with Crippen LogP contribution in [0.25, 0.3) is 22.4 Å². The Morgan fingerprint density at radius 1 is 1.00 bits per heavy atom. The zero-order valence-electron chi connectivity index (χ0n) is 11.0. The molecule has 0 amide bonds. The summed E-state index contributed by atoms with van der Waals surface area (Å²) in [5.74, 6) is 0. The van der Waals surface area contributed by atoms with Gasteiger partial charge in [-0.2, -0.15) is 10.2 Å². The highest BCUT2D eigenvalue weighted by Crippen LogP contribution is 2.27. The lowest BCUT2D eigenvalue weighted by Gasteiger charge is -2.10. The van der Waals surface area contributed by atoms with Gasteiger partial charge in [-0.3, -0.25) is 4.79 Å². The highest BCUT2D eigenvalue weighted by atomic mass is 16.1. The first-order chi connectivity index (χ1) is 9.77. The van der Waals surface area contributed by atoms with Crippen LogP contribution in [-0.2, 0) is 7.05 Å². The van der Waals surface area contributed by atoms with E-state index in [1.165, 1.54) is 0 Å². The fourth-order valence-corrected chi connectivity index (χ4v) is 2.17. The average molecular weight is 263 g/mol. The second-order valence-corrected chi connectivity index (χ2v) is 4.50. The molecule has 20 heavy (non-hydrogen) atoms. The summed E-state index contributed by atoms with van der Waals surface area (Å²) in [6.07, 6.45) is 3.37. The van der Waals surface area contributed by atoms with Crippen molar-refractivity contribution >= 4 is 0 Å². The van der Waals surface area contributed by atoms with Gasteiger partial charge < -0.3 is 4.57 Å². The summed E-state index contributed by atoms with van der Waals surface area (Å²) < 4.78 is 1.57. The number of pyridine rings is 1. The molecule has 0 bridgehead atoms. The molecule has 0 unspecified atom stereocenters. The van der Waals surface area contributed by atoms with E-state index in [1.54, 1.807) is 24.0 Å². The second kappa shape index (κ2) is 5.09. The standard InChI is InChI=1S/C16H13N3O/c1-19-11-9-13(14-8-5-10-17-18-14)15(16(19)20)12-6-3-2-4-7-12/h2-11H,1H3. The molecule has 0 aliphatic carbocycles. The molecule has 0 aliphatic rings. The zero-order valence-corrected chi connectivity index (χ0v) is 11.0. The molecule has 2 aromatic heterocycles. The summed E-state index contributed by atoms with van der Waals surface area (Å²) in [6, 6.07) is 15.2. The van der Waals surface area contributed by atoms with E-state index < -0.39 is 0 Å². The quantitative estimate of drug-likeness (QED) is 0.713. The minimum Gasteiger partial charge on any atom is -0.318 e. The van der Waals surface area contributed by atoms with Crippen LogP contribution >= 0.6 is 0 Å². The lowest BCUT2D eigenvalue weighted by Crippen LogP contribution is -2.18. The summed E-state index contributed by atoms with van der Waals surface area (Å²) in [5, 5.41) is 8.00. The first-order valence-corrected chi connectivity index (χ1v) is 6.30. The van der Waals surface area contributed by atoms with Crippen molar-refractivity contribution in [1.29, 1.82) is 0 Å². The van der Waals surface area contributed by atoms with Gasteiger partial charge in [0.2, 0.25) is 0 Å². The molecule has 4 nitrogen and oxygen atoms in total. The monoisotopic (exact) mass is 263 g/mol. The Morgan fingerprint density at radius 3 is 2.50 bits per heavy atom. The maximum Gasteiger partial charge on any atom is 0.258 e. The molecule has 4 heteroatoms. The van der Waals surface area contributed by atoms with Gasteiger partial charge in [-0.25, -0.2) is 0 Å². The molecule has 0 atom stereocenters. The van der Waals surface area contributed by atoms with Gasteiger partial charge in [0.25, 0.3) is 5.56 Å². The summed E-state index contributed by atoms with van der Waals surface area (Å²) in [5.41, 5.74) is 2.99. The van der Waals surface area contributed by atoms with E-state index in [0.29, 0.717) is 11.3 Å². The molecule has 98 valence electrons. The third kappa shape index (κ3) is 2.12. The maximum absolute atomic E-state index is 12.5. The van der Waals surface area contributed by atoms with E-state index in [-0.39, 0.29) is 5.56 Å². The Balaban J connectivity index is 2.32. The van der Waals surface area contributed by atoms with Crippen LogP contribution in [0.5, 0.6) is 0 Å². The van der Waals surface area contributed by atoms with Crippen LogP contribution < -0.4 is 5.56 Å². The van der Waals surface area contributed by atoms with Crippen LogP contribution in [0, 0.1) is 0 Å². The molecule has 1 aromatic carbocycles. The van der Waals surface area contributed by atoms with Crippen molar-refractivity contribution in [3.8, 4) is 22.4 Å². The first kappa shape index (κ1) is 12.3. The van der Waals surface area contributed by atoms with Crippen LogP contribution in [0.2, 0.25) is 0 Å². The fraction of sp³-hybridized carbons (Fsp3) is 0.0625. The Labute approximate surface area is 116 Å². The third-order valence-corrected chi connectivity index (χ3v) is 3.18. The van der Waals surface area contributed by atoms with Crippen molar-refractivity contribution in [2.45, 2.75) is 0 Å². The van der Waals surface area contributed by atoms with Crippen molar-refractivity contribution in [2.75, 3.05) is 0 Å². The van der Waals surface area contributed by atoms with Crippen molar-refractivity contribution in [3.63, 3.8) is 0 Å². The SMILES string of the molecule is Cn1ccc(-c2cccnn2)c(-c2ccccc2)c1=O. The number of aromatic nitrogens is 3. The largest absolute Gasteiger partial charge is 0.318 e. The third-order valence-electron chi connectivity index (χ3n) is 3.18. The molecular formula is C16H13N3O. The Hall–Kier alpha value is -2.75. The lowest BCUT2D eigenvalue weighted by molar-refractivity contribution is 0.863. The molecule has 0 N–H and O–H groups in total. The van der Waals surface area contributed by atoms with Gasteiger partial charge >= 0.3 is 0 Å². The van der Waals surface area contributed by atoms with E-state index in [4.69, 9.17) is 0 Å². The molecule has 3 rings (SSSR count). The van der Waals surface area contributed by atoms with Gasteiger partial charge in [0.15, 0.2) is 0 Å². The van der Waals surface area contributed by atoms with E-state index in [2.05, 4.69) is 10.2 Å². The predicted molar refractivity (Wildman–Crippen MR) is 78.1 cm³/mol. The van der Waals surface area contributed by atoms with Gasteiger partial charge in [-0.05, 0) is 23.8 Å². The number of hydrogen-bond donors (Lipinski definition) is 0. The zero-order chi connectivity index (χ0) is 13.9. The summed E-state index contributed by atoms with van der Waals surface area (Å²) >= 11 is 0. The molecule has 0 saturated carbocycles. The van der Waals surface area contributed by atoms with Crippen LogP contribution in [-0.4, -0.2) is 14.8 Å². The molecule has 0 saturated heterocycles. The topological polar surface area (TPSA) is 47.8 Å². The van der Waals surface area contributed by atoms with Gasteiger partial charge in [-0.15, -0.1) is 0 Å².